The Morgan fingerprint density at radius 2 is 1.75 bits per heavy atom. The van der Waals surface area contributed by atoms with Crippen molar-refractivity contribution >= 4 is 0 Å². The highest BCUT2D eigenvalue weighted by atomic mass is 16.3. The van der Waals surface area contributed by atoms with E-state index in [4.69, 9.17) is 0 Å². The second-order valence-corrected chi connectivity index (χ2v) is 5.69. The topological polar surface area (TPSA) is 23.5 Å². The van der Waals surface area contributed by atoms with Crippen molar-refractivity contribution in [2.24, 2.45) is 5.92 Å². The largest absolute Gasteiger partial charge is 0.391 e. The Hall–Kier alpha value is -0.0800. The third-order valence-corrected chi connectivity index (χ3v) is 4.51. The van der Waals surface area contributed by atoms with Crippen LogP contribution in [-0.4, -0.2) is 35.2 Å². The Balaban J connectivity index is 1.79. The molecule has 2 rings (SSSR count). The van der Waals surface area contributed by atoms with Crippen molar-refractivity contribution in [1.82, 2.24) is 4.90 Å². The molecule has 2 atom stereocenters. The van der Waals surface area contributed by atoms with E-state index in [0.717, 1.165) is 12.3 Å². The number of hydrogen-bond donors (Lipinski definition) is 1. The molecule has 1 saturated heterocycles. The number of hydrogen-bond acceptors (Lipinski definition) is 2. The quantitative estimate of drug-likeness (QED) is 0.798. The third kappa shape index (κ3) is 2.98. The summed E-state index contributed by atoms with van der Waals surface area (Å²) in [6.45, 7) is 4.75. The molecule has 2 aliphatic rings. The van der Waals surface area contributed by atoms with E-state index in [1.54, 1.807) is 0 Å². The molecule has 0 radical (unpaired) electrons. The standard InChI is InChI=1S/C14H27NO/c1-2-5-12-8-10-15(11-9-12)13-6-3-4-7-14(13)16/h12-14,16H,2-11H2,1H3. The van der Waals surface area contributed by atoms with Gasteiger partial charge in [0.2, 0.25) is 0 Å². The average Bonchev–Trinajstić information content (AvgIpc) is 2.31. The van der Waals surface area contributed by atoms with Crippen LogP contribution in [0.25, 0.3) is 0 Å². The summed E-state index contributed by atoms with van der Waals surface area (Å²) in [5.74, 6) is 0.960. The molecule has 0 amide bonds. The normalized spacial score (nSPS) is 34.1. The van der Waals surface area contributed by atoms with Gasteiger partial charge >= 0.3 is 0 Å². The van der Waals surface area contributed by atoms with Crippen LogP contribution >= 0.6 is 0 Å². The van der Waals surface area contributed by atoms with Gasteiger partial charge in [0.05, 0.1) is 6.10 Å². The molecule has 1 aliphatic carbocycles. The highest BCUT2D eigenvalue weighted by molar-refractivity contribution is 4.85. The Bertz CT molecular complexity index is 199. The van der Waals surface area contributed by atoms with Crippen LogP contribution in [-0.2, 0) is 0 Å². The number of aliphatic hydroxyl groups excluding tert-OH is 1. The molecule has 2 unspecified atom stereocenters. The SMILES string of the molecule is CCCC1CCN(C2CCCCC2O)CC1. The van der Waals surface area contributed by atoms with Crippen LogP contribution in [0.4, 0.5) is 0 Å². The van der Waals surface area contributed by atoms with E-state index < -0.39 is 0 Å². The highest BCUT2D eigenvalue weighted by Gasteiger charge is 2.30. The number of piperidine rings is 1. The first-order valence-electron chi connectivity index (χ1n) is 7.23. The van der Waals surface area contributed by atoms with Crippen molar-refractivity contribution in [3.8, 4) is 0 Å². The molecule has 1 heterocycles. The summed E-state index contributed by atoms with van der Waals surface area (Å²) in [5, 5.41) is 10.0. The molecular weight excluding hydrogens is 198 g/mol. The van der Waals surface area contributed by atoms with E-state index in [1.807, 2.05) is 0 Å². The summed E-state index contributed by atoms with van der Waals surface area (Å²) in [5.41, 5.74) is 0. The molecule has 0 aromatic heterocycles. The first kappa shape index (κ1) is 12.4. The molecule has 16 heavy (non-hydrogen) atoms. The summed E-state index contributed by atoms with van der Waals surface area (Å²) in [7, 11) is 0. The Morgan fingerprint density at radius 1 is 1.06 bits per heavy atom. The van der Waals surface area contributed by atoms with Crippen molar-refractivity contribution in [2.45, 2.75) is 70.4 Å². The van der Waals surface area contributed by atoms with Gasteiger partial charge in [0.1, 0.15) is 0 Å². The fraction of sp³-hybridized carbons (Fsp3) is 1.00. The van der Waals surface area contributed by atoms with Gasteiger partial charge in [0.15, 0.2) is 0 Å². The van der Waals surface area contributed by atoms with Gasteiger partial charge in [-0.05, 0) is 44.7 Å². The maximum atomic E-state index is 10.0. The lowest BCUT2D eigenvalue weighted by molar-refractivity contribution is 0.00340. The van der Waals surface area contributed by atoms with E-state index in [2.05, 4.69) is 11.8 Å². The van der Waals surface area contributed by atoms with Crippen molar-refractivity contribution < 1.29 is 5.11 Å². The van der Waals surface area contributed by atoms with Gasteiger partial charge in [-0.3, -0.25) is 4.90 Å². The lowest BCUT2D eigenvalue weighted by Gasteiger charge is -2.41. The third-order valence-electron chi connectivity index (χ3n) is 4.51. The zero-order valence-corrected chi connectivity index (χ0v) is 10.7. The predicted octanol–water partition coefficient (Wildman–Crippen LogP) is 2.80. The predicted molar refractivity (Wildman–Crippen MR) is 67.5 cm³/mol. The molecule has 2 heteroatoms. The van der Waals surface area contributed by atoms with Gasteiger partial charge in [-0.2, -0.15) is 0 Å². The van der Waals surface area contributed by atoms with E-state index in [-0.39, 0.29) is 6.10 Å². The van der Waals surface area contributed by atoms with Gasteiger partial charge in [0.25, 0.3) is 0 Å². The summed E-state index contributed by atoms with van der Waals surface area (Å²) in [4.78, 5) is 2.57. The fourth-order valence-electron chi connectivity index (χ4n) is 3.50. The Kier molecular flexibility index (Phi) is 4.66. The van der Waals surface area contributed by atoms with E-state index in [1.165, 1.54) is 58.0 Å². The van der Waals surface area contributed by atoms with Crippen molar-refractivity contribution in [2.75, 3.05) is 13.1 Å². The molecule has 94 valence electrons. The molecule has 1 saturated carbocycles. The minimum atomic E-state index is -0.0449. The van der Waals surface area contributed by atoms with Crippen molar-refractivity contribution in [1.29, 1.82) is 0 Å². The van der Waals surface area contributed by atoms with Gasteiger partial charge in [0, 0.05) is 6.04 Å². The lowest BCUT2D eigenvalue weighted by Crippen LogP contribution is -2.48. The summed E-state index contributed by atoms with van der Waals surface area (Å²) in [6.07, 6.45) is 10.2. The monoisotopic (exact) mass is 225 g/mol. The molecule has 1 N–H and O–H groups in total. The van der Waals surface area contributed by atoms with Gasteiger partial charge in [-0.15, -0.1) is 0 Å². The van der Waals surface area contributed by atoms with Crippen LogP contribution in [0.2, 0.25) is 0 Å². The highest BCUT2D eigenvalue weighted by Crippen LogP contribution is 2.28. The number of rotatable bonds is 3. The van der Waals surface area contributed by atoms with Crippen LogP contribution in [0.5, 0.6) is 0 Å². The van der Waals surface area contributed by atoms with Crippen molar-refractivity contribution in [3.63, 3.8) is 0 Å². The molecule has 0 spiro atoms. The second kappa shape index (κ2) is 6.02. The zero-order valence-electron chi connectivity index (χ0n) is 10.7. The Labute approximate surface area is 100 Å². The van der Waals surface area contributed by atoms with Gasteiger partial charge < -0.3 is 5.11 Å². The minimum Gasteiger partial charge on any atom is -0.391 e. The number of nitrogens with zero attached hydrogens (tertiary/aromatic N) is 1. The molecule has 0 aromatic rings. The molecular formula is C14H27NO. The van der Waals surface area contributed by atoms with Gasteiger partial charge in [-0.1, -0.05) is 32.6 Å². The minimum absolute atomic E-state index is 0.0449. The Morgan fingerprint density at radius 3 is 2.38 bits per heavy atom. The number of likely N-dealkylation sites (tertiary alicyclic amines) is 1. The van der Waals surface area contributed by atoms with Crippen LogP contribution in [0.1, 0.15) is 58.3 Å². The molecule has 0 aromatic carbocycles. The van der Waals surface area contributed by atoms with Crippen molar-refractivity contribution in [3.05, 3.63) is 0 Å². The van der Waals surface area contributed by atoms with Crippen LogP contribution in [0.3, 0.4) is 0 Å². The van der Waals surface area contributed by atoms with E-state index in [9.17, 15) is 5.11 Å². The summed E-state index contributed by atoms with van der Waals surface area (Å²) in [6, 6.07) is 0.483. The van der Waals surface area contributed by atoms with Crippen LogP contribution in [0.15, 0.2) is 0 Å². The molecule has 1 aliphatic heterocycles. The second-order valence-electron chi connectivity index (χ2n) is 5.69. The first-order chi connectivity index (χ1) is 7.81. The van der Waals surface area contributed by atoms with Crippen LogP contribution < -0.4 is 0 Å². The lowest BCUT2D eigenvalue weighted by atomic mass is 9.87. The summed E-state index contributed by atoms with van der Waals surface area (Å²) < 4.78 is 0. The maximum Gasteiger partial charge on any atom is 0.0695 e. The number of aliphatic hydroxyl groups is 1. The van der Waals surface area contributed by atoms with Gasteiger partial charge in [-0.25, -0.2) is 0 Å². The average molecular weight is 225 g/mol. The molecule has 2 fully saturated rings. The maximum absolute atomic E-state index is 10.0. The summed E-state index contributed by atoms with van der Waals surface area (Å²) >= 11 is 0. The zero-order chi connectivity index (χ0) is 11.4. The van der Waals surface area contributed by atoms with E-state index in [0.29, 0.717) is 6.04 Å². The smallest absolute Gasteiger partial charge is 0.0695 e. The fourth-order valence-corrected chi connectivity index (χ4v) is 3.50. The first-order valence-corrected chi connectivity index (χ1v) is 7.23. The van der Waals surface area contributed by atoms with E-state index >= 15 is 0 Å². The molecule has 0 bridgehead atoms. The molecule has 2 nitrogen and oxygen atoms in total. The van der Waals surface area contributed by atoms with Crippen LogP contribution in [0, 0.1) is 5.92 Å².